The molecule has 0 aliphatic rings. The zero-order valence-electron chi connectivity index (χ0n) is 18.3. The summed E-state index contributed by atoms with van der Waals surface area (Å²) in [6, 6.07) is 18.8. The van der Waals surface area contributed by atoms with Crippen LogP contribution in [0, 0.1) is 24.0 Å². The lowest BCUT2D eigenvalue weighted by molar-refractivity contribution is -0.384. The number of nitrogens with zero attached hydrogens (tertiary/aromatic N) is 2. The van der Waals surface area contributed by atoms with Gasteiger partial charge in [0, 0.05) is 17.2 Å². The van der Waals surface area contributed by atoms with Gasteiger partial charge in [-0.3, -0.25) is 10.1 Å². The number of aryl methyl sites for hydroxylation is 2. The van der Waals surface area contributed by atoms with E-state index in [-0.39, 0.29) is 11.4 Å². The van der Waals surface area contributed by atoms with Gasteiger partial charge >= 0.3 is 0 Å². The molecule has 0 amide bonds. The molecule has 32 heavy (non-hydrogen) atoms. The molecule has 7 heteroatoms. The van der Waals surface area contributed by atoms with Crippen LogP contribution in [0.15, 0.2) is 60.7 Å². The minimum atomic E-state index is -0.447. The van der Waals surface area contributed by atoms with E-state index < -0.39 is 4.92 Å². The number of benzene rings is 3. The van der Waals surface area contributed by atoms with Crippen molar-refractivity contribution in [2.45, 2.75) is 13.8 Å². The molecule has 0 saturated carbocycles. The third kappa shape index (κ3) is 3.80. The molecular weight excluding hydrogens is 406 g/mol. The first kappa shape index (κ1) is 21.1. The van der Waals surface area contributed by atoms with Crippen LogP contribution in [0.1, 0.15) is 11.1 Å². The van der Waals surface area contributed by atoms with Crippen molar-refractivity contribution >= 4 is 5.69 Å². The van der Waals surface area contributed by atoms with E-state index in [1.165, 1.54) is 25.8 Å². The Kier molecular flexibility index (Phi) is 5.64. The van der Waals surface area contributed by atoms with E-state index in [0.717, 1.165) is 28.1 Å². The van der Waals surface area contributed by atoms with Crippen molar-refractivity contribution in [2.24, 2.45) is 0 Å². The summed E-state index contributed by atoms with van der Waals surface area (Å²) in [4.78, 5) is 19.5. The van der Waals surface area contributed by atoms with E-state index >= 15 is 0 Å². The van der Waals surface area contributed by atoms with Gasteiger partial charge in [0.1, 0.15) is 5.82 Å². The molecule has 4 rings (SSSR count). The minimum Gasteiger partial charge on any atom is -0.493 e. The number of nitro benzene ring substituents is 1. The quantitative estimate of drug-likeness (QED) is 0.302. The van der Waals surface area contributed by atoms with E-state index in [9.17, 15) is 10.1 Å². The molecular formula is C25H23N3O4. The predicted molar refractivity (Wildman–Crippen MR) is 124 cm³/mol. The van der Waals surface area contributed by atoms with Gasteiger partial charge in [-0.25, -0.2) is 4.98 Å². The maximum absolute atomic E-state index is 11.8. The smallest absolute Gasteiger partial charge is 0.284 e. The van der Waals surface area contributed by atoms with Gasteiger partial charge in [-0.1, -0.05) is 42.5 Å². The summed E-state index contributed by atoms with van der Waals surface area (Å²) in [7, 11) is 2.94. The lowest BCUT2D eigenvalue weighted by Gasteiger charge is -2.09. The highest BCUT2D eigenvalue weighted by atomic mass is 16.6. The highest BCUT2D eigenvalue weighted by Crippen LogP contribution is 2.41. The van der Waals surface area contributed by atoms with E-state index in [4.69, 9.17) is 14.5 Å². The van der Waals surface area contributed by atoms with Gasteiger partial charge in [0.25, 0.3) is 5.69 Å². The number of nitro groups is 1. The second-order valence-electron chi connectivity index (χ2n) is 7.46. The van der Waals surface area contributed by atoms with Crippen LogP contribution in [0.5, 0.6) is 11.5 Å². The van der Waals surface area contributed by atoms with Gasteiger partial charge in [-0.2, -0.15) is 0 Å². The summed E-state index contributed by atoms with van der Waals surface area (Å²) in [5.41, 5.74) is 5.89. The van der Waals surface area contributed by atoms with Crippen LogP contribution >= 0.6 is 0 Å². The van der Waals surface area contributed by atoms with E-state index in [2.05, 4.69) is 18.0 Å². The summed E-state index contributed by atoms with van der Waals surface area (Å²) in [6.07, 6.45) is 0. The molecule has 0 fully saturated rings. The highest BCUT2D eigenvalue weighted by molar-refractivity contribution is 5.83. The fourth-order valence-corrected chi connectivity index (χ4v) is 3.62. The fourth-order valence-electron chi connectivity index (χ4n) is 3.62. The van der Waals surface area contributed by atoms with Crippen molar-refractivity contribution in [2.75, 3.05) is 14.2 Å². The Morgan fingerprint density at radius 2 is 1.56 bits per heavy atom. The molecule has 0 bridgehead atoms. The van der Waals surface area contributed by atoms with Crippen molar-refractivity contribution in [1.82, 2.24) is 9.97 Å². The number of methoxy groups -OCH3 is 2. The number of aromatic nitrogens is 2. The van der Waals surface area contributed by atoms with Crippen LogP contribution < -0.4 is 9.47 Å². The molecule has 0 aliphatic heterocycles. The molecule has 1 aromatic heterocycles. The predicted octanol–water partition coefficient (Wildman–Crippen LogP) is 5.95. The second kappa shape index (κ2) is 8.55. The fraction of sp³-hybridized carbons (Fsp3) is 0.160. The average Bonchev–Trinajstić information content (AvgIpc) is 3.25. The topological polar surface area (TPSA) is 90.3 Å². The van der Waals surface area contributed by atoms with Crippen molar-refractivity contribution in [1.29, 1.82) is 0 Å². The maximum atomic E-state index is 11.8. The molecule has 1 N–H and O–H groups in total. The average molecular weight is 429 g/mol. The van der Waals surface area contributed by atoms with Crippen LogP contribution in [0.4, 0.5) is 5.69 Å². The van der Waals surface area contributed by atoms with Crippen LogP contribution in [-0.4, -0.2) is 29.1 Å². The Bertz CT molecular complexity index is 1300. The number of ether oxygens (including phenoxy) is 2. The zero-order chi connectivity index (χ0) is 22.8. The zero-order valence-corrected chi connectivity index (χ0v) is 18.3. The Labute approximate surface area is 185 Å². The third-order valence-electron chi connectivity index (χ3n) is 5.50. The third-order valence-corrected chi connectivity index (χ3v) is 5.50. The summed E-state index contributed by atoms with van der Waals surface area (Å²) in [6.45, 7) is 4.11. The SMILES string of the molecule is COc1cc(-c2nc(-c3ccc(C)c(C)c3)c(-c3ccccc3)[nH]2)c([N+](=O)[O-])cc1OC. The lowest BCUT2D eigenvalue weighted by atomic mass is 10.0. The van der Waals surface area contributed by atoms with Gasteiger partial charge in [-0.05, 0) is 31.0 Å². The summed E-state index contributed by atoms with van der Waals surface area (Å²) < 4.78 is 10.6. The maximum Gasteiger partial charge on any atom is 0.284 e. The molecule has 162 valence electrons. The molecule has 0 aliphatic carbocycles. The molecule has 0 spiro atoms. The number of hydrogen-bond donors (Lipinski definition) is 1. The van der Waals surface area contributed by atoms with Crippen LogP contribution in [-0.2, 0) is 0 Å². The summed E-state index contributed by atoms with van der Waals surface area (Å²) >= 11 is 0. The van der Waals surface area contributed by atoms with Crippen LogP contribution in [0.3, 0.4) is 0 Å². The van der Waals surface area contributed by atoms with Crippen molar-refractivity contribution < 1.29 is 14.4 Å². The first-order valence-electron chi connectivity index (χ1n) is 10.1. The largest absolute Gasteiger partial charge is 0.493 e. The van der Waals surface area contributed by atoms with Gasteiger partial charge in [-0.15, -0.1) is 0 Å². The highest BCUT2D eigenvalue weighted by Gasteiger charge is 2.25. The molecule has 4 aromatic rings. The van der Waals surface area contributed by atoms with E-state index in [1.807, 2.05) is 49.4 Å². The Morgan fingerprint density at radius 3 is 2.19 bits per heavy atom. The number of H-pyrrole nitrogens is 1. The molecule has 0 atom stereocenters. The normalized spacial score (nSPS) is 10.8. The van der Waals surface area contributed by atoms with E-state index in [0.29, 0.717) is 17.1 Å². The molecule has 0 radical (unpaired) electrons. The van der Waals surface area contributed by atoms with Gasteiger partial charge in [0.15, 0.2) is 11.5 Å². The van der Waals surface area contributed by atoms with Gasteiger partial charge in [0.05, 0.1) is 42.2 Å². The van der Waals surface area contributed by atoms with Gasteiger partial charge in [0.2, 0.25) is 0 Å². The van der Waals surface area contributed by atoms with Crippen LogP contribution in [0.25, 0.3) is 33.9 Å². The lowest BCUT2D eigenvalue weighted by Crippen LogP contribution is -1.97. The monoisotopic (exact) mass is 429 g/mol. The number of nitrogens with one attached hydrogen (secondary N) is 1. The standard InChI is InChI=1S/C25H23N3O4/c1-15-10-11-18(12-16(15)2)24-23(17-8-6-5-7-9-17)26-25(27-24)19-13-21(31-3)22(32-4)14-20(19)28(29)30/h5-14H,1-4H3,(H,26,27). The van der Waals surface area contributed by atoms with Crippen molar-refractivity contribution in [3.05, 3.63) is 81.9 Å². The first-order chi connectivity index (χ1) is 15.4. The number of aromatic amines is 1. The minimum absolute atomic E-state index is 0.123. The Balaban J connectivity index is 1.98. The molecule has 0 saturated heterocycles. The van der Waals surface area contributed by atoms with Gasteiger partial charge < -0.3 is 14.5 Å². The van der Waals surface area contributed by atoms with Crippen molar-refractivity contribution in [3.63, 3.8) is 0 Å². The molecule has 7 nitrogen and oxygen atoms in total. The Hall–Kier alpha value is -4.13. The summed E-state index contributed by atoms with van der Waals surface area (Å²) in [5.74, 6) is 1.05. The number of hydrogen-bond acceptors (Lipinski definition) is 5. The molecule has 0 unspecified atom stereocenters. The number of rotatable bonds is 6. The Morgan fingerprint density at radius 1 is 0.875 bits per heavy atom. The second-order valence-corrected chi connectivity index (χ2v) is 7.46. The van der Waals surface area contributed by atoms with E-state index in [1.54, 1.807) is 6.07 Å². The number of imidazole rings is 1. The molecule has 3 aromatic carbocycles. The summed E-state index contributed by atoms with van der Waals surface area (Å²) in [5, 5.41) is 11.8. The van der Waals surface area contributed by atoms with Crippen LogP contribution in [0.2, 0.25) is 0 Å². The van der Waals surface area contributed by atoms with Crippen molar-refractivity contribution in [3.8, 4) is 45.4 Å². The molecule has 1 heterocycles. The first-order valence-corrected chi connectivity index (χ1v) is 10.1.